The molecule has 6 rings (SSSR count). The van der Waals surface area contributed by atoms with E-state index in [1.165, 1.54) is 0 Å². The molecule has 1 atom stereocenters. The minimum Gasteiger partial charge on any atom is -0.507 e. The Morgan fingerprint density at radius 2 is 1.66 bits per heavy atom. The number of carbonyl (C=O) groups is 1. The molecule has 0 spiro atoms. The van der Waals surface area contributed by atoms with E-state index >= 15 is 0 Å². The van der Waals surface area contributed by atoms with Gasteiger partial charge in [0.05, 0.1) is 13.2 Å². The number of carbonyl (C=O) groups excluding carboxylic acids is 1. The zero-order valence-electron chi connectivity index (χ0n) is 23.2. The van der Waals surface area contributed by atoms with Gasteiger partial charge in [0, 0.05) is 17.7 Å². The Morgan fingerprint density at radius 1 is 0.902 bits per heavy atom. The molecule has 206 valence electrons. The van der Waals surface area contributed by atoms with Crippen LogP contribution in [0.3, 0.4) is 0 Å². The number of hydrogen-bond donors (Lipinski definition) is 2. The number of ether oxygens (including phenoxy) is 2. The average Bonchev–Trinajstić information content (AvgIpc) is 3.51. The molecule has 1 aromatic heterocycles. The SMILES string of the molecule is COc1ccc(CCN2C(=O)c3[nH]nc(-c4c(C)cc(C)cc4O)c3C2c2cccc(Oc3ccccc3)c2)cc1. The van der Waals surface area contributed by atoms with Gasteiger partial charge in [-0.15, -0.1) is 0 Å². The number of phenols is 1. The maximum Gasteiger partial charge on any atom is 0.273 e. The van der Waals surface area contributed by atoms with Gasteiger partial charge in [0.2, 0.25) is 0 Å². The van der Waals surface area contributed by atoms with Gasteiger partial charge in [0.15, 0.2) is 0 Å². The normalized spacial score (nSPS) is 14.3. The molecule has 1 amide bonds. The maximum atomic E-state index is 13.9. The number of nitrogens with one attached hydrogen (secondary N) is 1. The fraction of sp³-hybridized carbons (Fsp3) is 0.176. The summed E-state index contributed by atoms with van der Waals surface area (Å²) in [6.45, 7) is 4.38. The topological polar surface area (TPSA) is 87.7 Å². The number of aromatic amines is 1. The van der Waals surface area contributed by atoms with E-state index in [0.29, 0.717) is 35.7 Å². The van der Waals surface area contributed by atoms with Crippen LogP contribution in [-0.4, -0.2) is 39.8 Å². The van der Waals surface area contributed by atoms with Gasteiger partial charge >= 0.3 is 0 Å². The number of benzene rings is 4. The van der Waals surface area contributed by atoms with Crippen LogP contribution in [0.1, 0.15) is 44.3 Å². The maximum absolute atomic E-state index is 13.9. The monoisotopic (exact) mass is 545 g/mol. The highest BCUT2D eigenvalue weighted by Crippen LogP contribution is 2.46. The first-order chi connectivity index (χ1) is 19.9. The molecule has 41 heavy (non-hydrogen) atoms. The molecule has 1 unspecified atom stereocenters. The van der Waals surface area contributed by atoms with Crippen LogP contribution in [0.2, 0.25) is 0 Å². The van der Waals surface area contributed by atoms with Crippen molar-refractivity contribution in [3.05, 3.63) is 125 Å². The summed E-state index contributed by atoms with van der Waals surface area (Å²) < 4.78 is 11.4. The number of aromatic hydroxyl groups is 1. The molecule has 5 aromatic rings. The predicted molar refractivity (Wildman–Crippen MR) is 158 cm³/mol. The molecule has 2 heterocycles. The summed E-state index contributed by atoms with van der Waals surface area (Å²) in [5.74, 6) is 2.20. The molecule has 0 saturated carbocycles. The summed E-state index contributed by atoms with van der Waals surface area (Å²) in [5, 5.41) is 18.6. The Morgan fingerprint density at radius 3 is 2.39 bits per heavy atom. The van der Waals surface area contributed by atoms with Gasteiger partial charge in [-0.1, -0.05) is 48.5 Å². The highest BCUT2D eigenvalue weighted by Gasteiger charge is 2.42. The molecule has 1 aliphatic rings. The first kappa shape index (κ1) is 26.2. The molecule has 0 bridgehead atoms. The molecule has 4 aromatic carbocycles. The number of H-pyrrole nitrogens is 1. The minimum atomic E-state index is -0.427. The van der Waals surface area contributed by atoms with Gasteiger partial charge in [-0.3, -0.25) is 9.89 Å². The third-order valence-corrected chi connectivity index (χ3v) is 7.51. The lowest BCUT2D eigenvalue weighted by Gasteiger charge is -2.27. The van der Waals surface area contributed by atoms with Crippen molar-refractivity contribution in [3.63, 3.8) is 0 Å². The second-order valence-electron chi connectivity index (χ2n) is 10.3. The fourth-order valence-corrected chi connectivity index (χ4v) is 5.63. The number of rotatable bonds is 8. The number of aromatic nitrogens is 2. The van der Waals surface area contributed by atoms with Crippen molar-refractivity contribution < 1.29 is 19.4 Å². The smallest absolute Gasteiger partial charge is 0.273 e. The number of hydrogen-bond acceptors (Lipinski definition) is 5. The van der Waals surface area contributed by atoms with Crippen LogP contribution in [0.15, 0.2) is 91.0 Å². The van der Waals surface area contributed by atoms with Crippen molar-refractivity contribution in [3.8, 4) is 34.3 Å². The van der Waals surface area contributed by atoms with Crippen LogP contribution in [0.4, 0.5) is 0 Å². The standard InChI is InChI=1S/C34H31N3O4/c1-21-18-22(2)29(28(38)19-21)31-30-32(36-35-31)34(39)37(17-16-23-12-14-25(40-3)15-13-23)33(30)24-8-7-11-27(20-24)41-26-9-5-4-6-10-26/h4-15,18-20,33,38H,16-17H2,1-3H3,(H,35,36). The van der Waals surface area contributed by atoms with Gasteiger partial charge in [-0.25, -0.2) is 0 Å². The molecule has 0 radical (unpaired) electrons. The zero-order valence-corrected chi connectivity index (χ0v) is 23.2. The number of para-hydroxylation sites is 1. The van der Waals surface area contributed by atoms with Crippen molar-refractivity contribution in [1.82, 2.24) is 15.1 Å². The molecular weight excluding hydrogens is 514 g/mol. The number of methoxy groups -OCH3 is 1. The van der Waals surface area contributed by atoms with Gasteiger partial charge in [0.1, 0.15) is 34.4 Å². The Hall–Kier alpha value is -5.04. The summed E-state index contributed by atoms with van der Waals surface area (Å²) in [6.07, 6.45) is 0.661. The lowest BCUT2D eigenvalue weighted by Crippen LogP contribution is -2.31. The molecule has 1 aliphatic heterocycles. The molecule has 7 heteroatoms. The van der Waals surface area contributed by atoms with Gasteiger partial charge in [0.25, 0.3) is 5.91 Å². The molecule has 0 saturated heterocycles. The average molecular weight is 546 g/mol. The third kappa shape index (κ3) is 5.02. The summed E-state index contributed by atoms with van der Waals surface area (Å²) in [4.78, 5) is 15.8. The van der Waals surface area contributed by atoms with Crippen LogP contribution in [0.5, 0.6) is 23.0 Å². The van der Waals surface area contributed by atoms with Gasteiger partial charge < -0.3 is 19.5 Å². The first-order valence-electron chi connectivity index (χ1n) is 13.6. The number of amides is 1. The van der Waals surface area contributed by atoms with Crippen LogP contribution < -0.4 is 9.47 Å². The van der Waals surface area contributed by atoms with Gasteiger partial charge in [-0.05, 0) is 85.0 Å². The second kappa shape index (κ2) is 10.8. The van der Waals surface area contributed by atoms with E-state index in [1.54, 1.807) is 13.2 Å². The Labute approximate surface area is 239 Å². The van der Waals surface area contributed by atoms with E-state index < -0.39 is 6.04 Å². The van der Waals surface area contributed by atoms with E-state index in [1.807, 2.05) is 104 Å². The summed E-state index contributed by atoms with van der Waals surface area (Å²) >= 11 is 0. The van der Waals surface area contributed by atoms with E-state index in [4.69, 9.17) is 9.47 Å². The molecule has 2 N–H and O–H groups in total. The van der Waals surface area contributed by atoms with E-state index in [0.717, 1.165) is 39.3 Å². The van der Waals surface area contributed by atoms with Crippen LogP contribution in [0.25, 0.3) is 11.3 Å². The molecule has 0 aliphatic carbocycles. The number of fused-ring (bicyclic) bond motifs is 1. The van der Waals surface area contributed by atoms with Crippen LogP contribution >= 0.6 is 0 Å². The molecule has 7 nitrogen and oxygen atoms in total. The van der Waals surface area contributed by atoms with E-state index in [-0.39, 0.29) is 11.7 Å². The Balaban J connectivity index is 1.42. The van der Waals surface area contributed by atoms with Crippen molar-refractivity contribution in [2.75, 3.05) is 13.7 Å². The summed E-state index contributed by atoms with van der Waals surface area (Å²) in [6, 6.07) is 28.6. The number of nitrogens with zero attached hydrogens (tertiary/aromatic N) is 2. The van der Waals surface area contributed by atoms with Crippen molar-refractivity contribution >= 4 is 5.91 Å². The highest BCUT2D eigenvalue weighted by molar-refractivity contribution is 6.00. The molecule has 0 fully saturated rings. The van der Waals surface area contributed by atoms with E-state index in [2.05, 4.69) is 10.2 Å². The fourth-order valence-electron chi connectivity index (χ4n) is 5.63. The van der Waals surface area contributed by atoms with Crippen molar-refractivity contribution in [2.24, 2.45) is 0 Å². The molecular formula is C34H31N3O4. The quantitative estimate of drug-likeness (QED) is 0.219. The Kier molecular flexibility index (Phi) is 6.93. The predicted octanol–water partition coefficient (Wildman–Crippen LogP) is 6.99. The number of aryl methyl sites for hydroxylation is 2. The van der Waals surface area contributed by atoms with E-state index in [9.17, 15) is 9.90 Å². The number of phenolic OH excluding ortho intramolecular Hbond substituents is 1. The minimum absolute atomic E-state index is 0.129. The lowest BCUT2D eigenvalue weighted by molar-refractivity contribution is 0.0745. The van der Waals surface area contributed by atoms with Crippen LogP contribution in [-0.2, 0) is 6.42 Å². The van der Waals surface area contributed by atoms with Crippen LogP contribution in [0, 0.1) is 13.8 Å². The summed E-state index contributed by atoms with van der Waals surface area (Å²) in [7, 11) is 1.64. The second-order valence-corrected chi connectivity index (χ2v) is 10.3. The van der Waals surface area contributed by atoms with Crippen molar-refractivity contribution in [1.29, 1.82) is 0 Å². The van der Waals surface area contributed by atoms with Crippen molar-refractivity contribution in [2.45, 2.75) is 26.3 Å². The lowest BCUT2D eigenvalue weighted by atomic mass is 9.93. The zero-order chi connectivity index (χ0) is 28.5. The highest BCUT2D eigenvalue weighted by atomic mass is 16.5. The third-order valence-electron chi connectivity index (χ3n) is 7.51. The Bertz CT molecular complexity index is 1690. The summed E-state index contributed by atoms with van der Waals surface area (Å²) in [5.41, 5.74) is 6.23. The first-order valence-corrected chi connectivity index (χ1v) is 13.6. The largest absolute Gasteiger partial charge is 0.507 e. The van der Waals surface area contributed by atoms with Gasteiger partial charge in [-0.2, -0.15) is 5.10 Å².